The molecule has 0 spiro atoms. The number of nitrogens with zero attached hydrogens (tertiary/aromatic N) is 3. The molecule has 0 saturated carbocycles. The summed E-state index contributed by atoms with van der Waals surface area (Å²) >= 11 is 0. The van der Waals surface area contributed by atoms with Crippen LogP contribution >= 0.6 is 0 Å². The molecule has 2 N–H and O–H groups in total. The molecule has 1 fully saturated rings. The highest BCUT2D eigenvalue weighted by Crippen LogP contribution is 2.16. The van der Waals surface area contributed by atoms with Crippen LogP contribution in [0.4, 0.5) is 5.95 Å². The summed E-state index contributed by atoms with van der Waals surface area (Å²) in [5, 5.41) is 12.6. The van der Waals surface area contributed by atoms with Gasteiger partial charge in [0.2, 0.25) is 5.95 Å². The third-order valence-electron chi connectivity index (χ3n) is 4.06. The van der Waals surface area contributed by atoms with Crippen LogP contribution in [-0.2, 0) is 0 Å². The standard InChI is InChI=1S/C16H28N4O/c1-13(2)15-6-8-18-16(19-15)17-7-4-10-20-9-3-5-14(11-20)12-21/h6,8,13-14,21H,3-5,7,9-12H2,1-2H3,(H,17,18,19)/t14-/m0/s1. The summed E-state index contributed by atoms with van der Waals surface area (Å²) in [6.45, 7) is 8.77. The number of aliphatic hydroxyl groups is 1. The van der Waals surface area contributed by atoms with Crippen molar-refractivity contribution in [3.8, 4) is 0 Å². The fraction of sp³-hybridized carbons (Fsp3) is 0.750. The van der Waals surface area contributed by atoms with E-state index >= 15 is 0 Å². The maximum atomic E-state index is 9.24. The summed E-state index contributed by atoms with van der Waals surface area (Å²) in [4.78, 5) is 11.2. The molecule has 2 rings (SSSR count). The Kier molecular flexibility index (Phi) is 6.39. The van der Waals surface area contributed by atoms with Gasteiger partial charge in [0.05, 0.1) is 0 Å². The number of aromatic nitrogens is 2. The number of hydrogen-bond acceptors (Lipinski definition) is 5. The van der Waals surface area contributed by atoms with Gasteiger partial charge >= 0.3 is 0 Å². The topological polar surface area (TPSA) is 61.3 Å². The zero-order valence-corrected chi connectivity index (χ0v) is 13.3. The first-order chi connectivity index (χ1) is 10.2. The van der Waals surface area contributed by atoms with E-state index in [0.29, 0.717) is 18.4 Å². The number of likely N-dealkylation sites (tertiary alicyclic amines) is 1. The summed E-state index contributed by atoms with van der Waals surface area (Å²) in [6, 6.07) is 1.97. The zero-order valence-electron chi connectivity index (χ0n) is 13.3. The van der Waals surface area contributed by atoms with E-state index in [1.54, 1.807) is 0 Å². The van der Waals surface area contributed by atoms with E-state index in [-0.39, 0.29) is 0 Å². The van der Waals surface area contributed by atoms with Crippen LogP contribution < -0.4 is 5.32 Å². The molecule has 1 atom stereocenters. The van der Waals surface area contributed by atoms with Crippen molar-refractivity contribution in [3.05, 3.63) is 18.0 Å². The highest BCUT2D eigenvalue weighted by Gasteiger charge is 2.18. The van der Waals surface area contributed by atoms with Gasteiger partial charge in [-0.2, -0.15) is 0 Å². The number of nitrogens with one attached hydrogen (secondary N) is 1. The first-order valence-corrected chi connectivity index (χ1v) is 8.09. The van der Waals surface area contributed by atoms with Crippen LogP contribution in [0.15, 0.2) is 12.3 Å². The molecule has 5 nitrogen and oxygen atoms in total. The number of aliphatic hydroxyl groups excluding tert-OH is 1. The Bertz CT molecular complexity index is 424. The smallest absolute Gasteiger partial charge is 0.222 e. The monoisotopic (exact) mass is 292 g/mol. The van der Waals surface area contributed by atoms with Crippen molar-refractivity contribution in [2.24, 2.45) is 5.92 Å². The Hall–Kier alpha value is -1.20. The lowest BCUT2D eigenvalue weighted by Gasteiger charge is -2.31. The van der Waals surface area contributed by atoms with Gasteiger partial charge in [-0.3, -0.25) is 0 Å². The van der Waals surface area contributed by atoms with Crippen LogP contribution in [0.3, 0.4) is 0 Å². The van der Waals surface area contributed by atoms with Gasteiger partial charge in [-0.25, -0.2) is 9.97 Å². The Morgan fingerprint density at radius 1 is 1.48 bits per heavy atom. The summed E-state index contributed by atoms with van der Waals surface area (Å²) in [5.41, 5.74) is 1.08. The average Bonchev–Trinajstić information content (AvgIpc) is 2.52. The number of rotatable bonds is 7. The van der Waals surface area contributed by atoms with Crippen LogP contribution in [0.1, 0.15) is 44.7 Å². The third kappa shape index (κ3) is 5.25. The second-order valence-corrected chi connectivity index (χ2v) is 6.23. The highest BCUT2D eigenvalue weighted by molar-refractivity contribution is 5.25. The molecule has 0 unspecified atom stereocenters. The van der Waals surface area contributed by atoms with Gasteiger partial charge in [0.1, 0.15) is 0 Å². The van der Waals surface area contributed by atoms with Gasteiger partial charge in [-0.15, -0.1) is 0 Å². The van der Waals surface area contributed by atoms with Gasteiger partial charge in [-0.05, 0) is 50.3 Å². The lowest BCUT2D eigenvalue weighted by atomic mass is 9.99. The number of piperidine rings is 1. The van der Waals surface area contributed by atoms with E-state index in [4.69, 9.17) is 0 Å². The molecule has 2 heterocycles. The zero-order chi connectivity index (χ0) is 15.1. The Morgan fingerprint density at radius 3 is 3.10 bits per heavy atom. The maximum absolute atomic E-state index is 9.24. The van der Waals surface area contributed by atoms with Crippen LogP contribution in [0.25, 0.3) is 0 Å². The molecule has 1 aliphatic rings. The molecule has 0 aromatic carbocycles. The van der Waals surface area contributed by atoms with Gasteiger partial charge < -0.3 is 15.3 Å². The molecular formula is C16H28N4O. The Labute approximate surface area is 127 Å². The predicted molar refractivity (Wildman–Crippen MR) is 85.5 cm³/mol. The van der Waals surface area contributed by atoms with E-state index in [9.17, 15) is 5.11 Å². The second kappa shape index (κ2) is 8.29. The average molecular weight is 292 g/mol. The molecule has 118 valence electrons. The molecule has 21 heavy (non-hydrogen) atoms. The van der Waals surface area contributed by atoms with Crippen molar-refractivity contribution in [1.82, 2.24) is 14.9 Å². The second-order valence-electron chi connectivity index (χ2n) is 6.23. The van der Waals surface area contributed by atoms with Crippen LogP contribution in [0.2, 0.25) is 0 Å². The van der Waals surface area contributed by atoms with Gasteiger partial charge in [0.25, 0.3) is 0 Å². The normalized spacial score (nSPS) is 19.9. The van der Waals surface area contributed by atoms with Crippen molar-refractivity contribution >= 4 is 5.95 Å². The van der Waals surface area contributed by atoms with Gasteiger partial charge in [-0.1, -0.05) is 13.8 Å². The minimum atomic E-state index is 0.324. The first-order valence-electron chi connectivity index (χ1n) is 8.09. The number of hydrogen-bond donors (Lipinski definition) is 2. The summed E-state index contributed by atoms with van der Waals surface area (Å²) in [6.07, 6.45) is 5.27. The SMILES string of the molecule is CC(C)c1ccnc(NCCCN2CCC[C@H](CO)C2)n1. The van der Waals surface area contributed by atoms with Crippen LogP contribution in [-0.4, -0.2) is 52.8 Å². The molecule has 5 heteroatoms. The fourth-order valence-electron chi connectivity index (χ4n) is 2.79. The predicted octanol–water partition coefficient (Wildman–Crippen LogP) is 2.11. The molecular weight excluding hydrogens is 264 g/mol. The van der Waals surface area contributed by atoms with Crippen molar-refractivity contribution in [2.75, 3.05) is 38.1 Å². The molecule has 0 bridgehead atoms. The van der Waals surface area contributed by atoms with E-state index in [1.807, 2.05) is 12.3 Å². The van der Waals surface area contributed by atoms with E-state index < -0.39 is 0 Å². The van der Waals surface area contributed by atoms with E-state index in [0.717, 1.165) is 44.2 Å². The summed E-state index contributed by atoms with van der Waals surface area (Å²) in [5.74, 6) is 1.63. The van der Waals surface area contributed by atoms with Gasteiger partial charge in [0, 0.05) is 31.6 Å². The van der Waals surface area contributed by atoms with E-state index in [2.05, 4.69) is 34.0 Å². The Morgan fingerprint density at radius 2 is 2.33 bits per heavy atom. The molecule has 1 aliphatic heterocycles. The quantitative estimate of drug-likeness (QED) is 0.754. The highest BCUT2D eigenvalue weighted by atomic mass is 16.3. The maximum Gasteiger partial charge on any atom is 0.222 e. The largest absolute Gasteiger partial charge is 0.396 e. The molecule has 1 aromatic heterocycles. The van der Waals surface area contributed by atoms with Crippen molar-refractivity contribution in [1.29, 1.82) is 0 Å². The molecule has 0 amide bonds. The third-order valence-corrected chi connectivity index (χ3v) is 4.06. The minimum Gasteiger partial charge on any atom is -0.396 e. The Balaban J connectivity index is 1.68. The van der Waals surface area contributed by atoms with E-state index in [1.165, 1.54) is 12.8 Å². The lowest BCUT2D eigenvalue weighted by Crippen LogP contribution is -2.37. The van der Waals surface area contributed by atoms with Crippen molar-refractivity contribution in [3.63, 3.8) is 0 Å². The molecule has 0 aliphatic carbocycles. The fourth-order valence-corrected chi connectivity index (χ4v) is 2.79. The van der Waals surface area contributed by atoms with Crippen LogP contribution in [0, 0.1) is 5.92 Å². The van der Waals surface area contributed by atoms with Gasteiger partial charge in [0.15, 0.2) is 0 Å². The molecule has 1 aromatic rings. The molecule has 0 radical (unpaired) electrons. The summed E-state index contributed by atoms with van der Waals surface area (Å²) in [7, 11) is 0. The number of anilines is 1. The molecule has 1 saturated heterocycles. The van der Waals surface area contributed by atoms with Crippen molar-refractivity contribution in [2.45, 2.75) is 39.0 Å². The summed E-state index contributed by atoms with van der Waals surface area (Å²) < 4.78 is 0. The van der Waals surface area contributed by atoms with Crippen molar-refractivity contribution < 1.29 is 5.11 Å². The van der Waals surface area contributed by atoms with Crippen LogP contribution in [0.5, 0.6) is 0 Å². The lowest BCUT2D eigenvalue weighted by molar-refractivity contribution is 0.120. The first kappa shape index (κ1) is 16.2. The minimum absolute atomic E-state index is 0.324.